The van der Waals surface area contributed by atoms with E-state index in [9.17, 15) is 0 Å². The zero-order valence-electron chi connectivity index (χ0n) is 34.2. The lowest BCUT2D eigenvalue weighted by Gasteiger charge is -2.09. The third kappa shape index (κ3) is 5.75. The molecule has 63 heavy (non-hydrogen) atoms. The Balaban J connectivity index is 0.857. The van der Waals surface area contributed by atoms with Crippen molar-refractivity contribution in [2.75, 3.05) is 0 Å². The largest absolute Gasteiger partial charge is 0.456 e. The Hall–Kier alpha value is -8.40. The summed E-state index contributed by atoms with van der Waals surface area (Å²) >= 11 is 0. The Morgan fingerprint density at radius 2 is 0.556 bits per heavy atom. The molecule has 3 nitrogen and oxygen atoms in total. The molecule has 0 N–H and O–H groups in total. The molecule has 0 amide bonds. The van der Waals surface area contributed by atoms with Gasteiger partial charge in [-0.2, -0.15) is 0 Å². The van der Waals surface area contributed by atoms with Crippen LogP contribution in [0.15, 0.2) is 235 Å². The van der Waals surface area contributed by atoms with Gasteiger partial charge in [-0.1, -0.05) is 133 Å². The molecule has 13 rings (SSSR count). The van der Waals surface area contributed by atoms with Crippen molar-refractivity contribution in [3.05, 3.63) is 231 Å². The lowest BCUT2D eigenvalue weighted by molar-refractivity contribution is 0.669. The molecule has 0 aliphatic rings. The average molecular weight is 803 g/mol. The summed E-state index contributed by atoms with van der Waals surface area (Å²) in [5.74, 6) is 0. The van der Waals surface area contributed by atoms with Crippen LogP contribution in [0.4, 0.5) is 0 Å². The molecule has 0 aliphatic heterocycles. The number of furan rings is 1. The number of hydrogen-bond donors (Lipinski definition) is 0. The Kier molecular flexibility index (Phi) is 7.91. The standard InChI is InChI=1S/C60H38N2O/c1-3-17-47(18-4-1)61-55-23-9-7-21-49(55)51-35-43(25-29-57(51)61)39-13-11-15-41(33-39)45-27-31-59-53(37-45)54-38-46(28-32-60(54)63-59)42-16-12-14-40(34-42)44-26-30-58-52(36-44)50-22-8-10-24-56(50)62(58)48-19-5-2-6-20-48/h1-38H. The highest BCUT2D eigenvalue weighted by atomic mass is 16.3. The van der Waals surface area contributed by atoms with Gasteiger partial charge in [0.25, 0.3) is 0 Å². The molecule has 0 aliphatic carbocycles. The molecule has 3 heterocycles. The molecule has 3 heteroatoms. The fourth-order valence-electron chi connectivity index (χ4n) is 9.91. The van der Waals surface area contributed by atoms with Gasteiger partial charge in [0.05, 0.1) is 22.1 Å². The van der Waals surface area contributed by atoms with Gasteiger partial charge in [-0.3, -0.25) is 0 Å². The molecule has 3 aromatic heterocycles. The van der Waals surface area contributed by atoms with E-state index >= 15 is 0 Å². The molecule has 0 saturated carbocycles. The third-order valence-corrected chi connectivity index (χ3v) is 12.9. The van der Waals surface area contributed by atoms with Crippen LogP contribution in [0.2, 0.25) is 0 Å². The summed E-state index contributed by atoms with van der Waals surface area (Å²) in [5.41, 5.74) is 18.4. The van der Waals surface area contributed by atoms with Crippen LogP contribution in [-0.2, 0) is 0 Å². The number of nitrogens with zero attached hydrogens (tertiary/aromatic N) is 2. The maximum Gasteiger partial charge on any atom is 0.135 e. The second-order valence-corrected chi connectivity index (χ2v) is 16.5. The first-order valence-electron chi connectivity index (χ1n) is 21.6. The van der Waals surface area contributed by atoms with E-state index in [1.165, 1.54) is 88.4 Å². The molecule has 0 spiro atoms. The SMILES string of the molecule is c1ccc(-n2c3ccccc3c3cc(-c4cccc(-c5ccc6oc7ccc(-c8cccc(-c9ccc%10c(c9)c9ccccc9n%10-c9ccccc9)c8)cc7c6c5)c4)ccc32)cc1. The molecular formula is C60H38N2O. The van der Waals surface area contributed by atoms with Crippen LogP contribution in [0.3, 0.4) is 0 Å². The van der Waals surface area contributed by atoms with Crippen LogP contribution < -0.4 is 0 Å². The van der Waals surface area contributed by atoms with Crippen molar-refractivity contribution in [3.63, 3.8) is 0 Å². The highest BCUT2D eigenvalue weighted by molar-refractivity contribution is 6.12. The van der Waals surface area contributed by atoms with E-state index in [0.29, 0.717) is 0 Å². The van der Waals surface area contributed by atoms with Gasteiger partial charge in [-0.15, -0.1) is 0 Å². The summed E-state index contributed by atoms with van der Waals surface area (Å²) in [6.45, 7) is 0. The van der Waals surface area contributed by atoms with Gasteiger partial charge in [0.2, 0.25) is 0 Å². The monoisotopic (exact) mass is 802 g/mol. The normalized spacial score (nSPS) is 11.8. The van der Waals surface area contributed by atoms with Crippen LogP contribution in [0, 0.1) is 0 Å². The van der Waals surface area contributed by atoms with Crippen molar-refractivity contribution in [2.24, 2.45) is 0 Å². The van der Waals surface area contributed by atoms with Gasteiger partial charge < -0.3 is 13.6 Å². The number of rotatable bonds is 6. The predicted molar refractivity (Wildman–Crippen MR) is 264 cm³/mol. The topological polar surface area (TPSA) is 23.0 Å². The van der Waals surface area contributed by atoms with E-state index < -0.39 is 0 Å². The van der Waals surface area contributed by atoms with Crippen molar-refractivity contribution in [3.8, 4) is 55.9 Å². The first-order chi connectivity index (χ1) is 31.2. The summed E-state index contributed by atoms with van der Waals surface area (Å²) in [5, 5.41) is 7.23. The van der Waals surface area contributed by atoms with Crippen molar-refractivity contribution in [1.82, 2.24) is 9.13 Å². The lowest BCUT2D eigenvalue weighted by atomic mass is 9.96. The summed E-state index contributed by atoms with van der Waals surface area (Å²) in [7, 11) is 0. The van der Waals surface area contributed by atoms with Crippen molar-refractivity contribution in [1.29, 1.82) is 0 Å². The van der Waals surface area contributed by atoms with E-state index in [2.05, 4.69) is 240 Å². The fourth-order valence-corrected chi connectivity index (χ4v) is 9.91. The fraction of sp³-hybridized carbons (Fsp3) is 0. The van der Waals surface area contributed by atoms with Crippen LogP contribution in [-0.4, -0.2) is 9.13 Å². The van der Waals surface area contributed by atoms with Crippen molar-refractivity contribution >= 4 is 65.6 Å². The molecular weight excluding hydrogens is 765 g/mol. The average Bonchev–Trinajstić information content (AvgIpc) is 4.01. The van der Waals surface area contributed by atoms with E-state index in [0.717, 1.165) is 33.1 Å². The Bertz CT molecular complexity index is 3650. The first kappa shape index (κ1) is 35.4. The Labute approximate surface area is 363 Å². The second kappa shape index (κ2) is 14.1. The molecule has 0 radical (unpaired) electrons. The molecule has 0 fully saturated rings. The minimum atomic E-state index is 0.888. The van der Waals surface area contributed by atoms with Gasteiger partial charge >= 0.3 is 0 Å². The van der Waals surface area contributed by atoms with E-state index in [-0.39, 0.29) is 0 Å². The van der Waals surface area contributed by atoms with Gasteiger partial charge in [0.15, 0.2) is 0 Å². The number of para-hydroxylation sites is 4. The zero-order chi connectivity index (χ0) is 41.4. The maximum atomic E-state index is 6.44. The van der Waals surface area contributed by atoms with Gasteiger partial charge in [0, 0.05) is 43.7 Å². The molecule has 0 atom stereocenters. The first-order valence-corrected chi connectivity index (χ1v) is 21.6. The number of fused-ring (bicyclic) bond motifs is 9. The second-order valence-electron chi connectivity index (χ2n) is 16.5. The molecule has 0 unspecified atom stereocenters. The van der Waals surface area contributed by atoms with Gasteiger partial charge in [-0.05, 0) is 142 Å². The summed E-state index contributed by atoms with van der Waals surface area (Å²) in [4.78, 5) is 0. The van der Waals surface area contributed by atoms with Gasteiger partial charge in [0.1, 0.15) is 11.2 Å². The van der Waals surface area contributed by atoms with Crippen molar-refractivity contribution in [2.45, 2.75) is 0 Å². The Morgan fingerprint density at radius 3 is 0.984 bits per heavy atom. The highest BCUT2D eigenvalue weighted by Crippen LogP contribution is 2.40. The molecule has 0 bridgehead atoms. The molecule has 294 valence electrons. The third-order valence-electron chi connectivity index (χ3n) is 12.9. The smallest absolute Gasteiger partial charge is 0.135 e. The van der Waals surface area contributed by atoms with Crippen LogP contribution in [0.5, 0.6) is 0 Å². The van der Waals surface area contributed by atoms with Crippen LogP contribution >= 0.6 is 0 Å². The maximum absolute atomic E-state index is 6.44. The van der Waals surface area contributed by atoms with Crippen molar-refractivity contribution < 1.29 is 4.42 Å². The molecule has 0 saturated heterocycles. The Morgan fingerprint density at radius 1 is 0.222 bits per heavy atom. The molecule has 10 aromatic carbocycles. The predicted octanol–water partition coefficient (Wildman–Crippen LogP) is 16.4. The minimum absolute atomic E-state index is 0.888. The summed E-state index contributed by atoms with van der Waals surface area (Å²) in [6, 6.07) is 83.4. The quantitative estimate of drug-likeness (QED) is 0.164. The minimum Gasteiger partial charge on any atom is -0.456 e. The number of hydrogen-bond acceptors (Lipinski definition) is 1. The number of benzene rings is 10. The summed E-state index contributed by atoms with van der Waals surface area (Å²) in [6.07, 6.45) is 0. The van der Waals surface area contributed by atoms with E-state index in [1.807, 2.05) is 0 Å². The van der Waals surface area contributed by atoms with Gasteiger partial charge in [-0.25, -0.2) is 0 Å². The lowest BCUT2D eigenvalue weighted by Crippen LogP contribution is -1.92. The van der Waals surface area contributed by atoms with E-state index in [1.54, 1.807) is 0 Å². The zero-order valence-corrected chi connectivity index (χ0v) is 34.2. The number of aromatic nitrogens is 2. The van der Waals surface area contributed by atoms with E-state index in [4.69, 9.17) is 4.42 Å². The van der Waals surface area contributed by atoms with Crippen LogP contribution in [0.25, 0.3) is 121 Å². The highest BCUT2D eigenvalue weighted by Gasteiger charge is 2.16. The summed E-state index contributed by atoms with van der Waals surface area (Å²) < 4.78 is 11.2. The van der Waals surface area contributed by atoms with Crippen LogP contribution in [0.1, 0.15) is 0 Å². The molecule has 13 aromatic rings.